The minimum absolute atomic E-state index is 0.883. The third-order valence-electron chi connectivity index (χ3n) is 10.7. The molecule has 11 aromatic rings. The predicted octanol–water partition coefficient (Wildman–Crippen LogP) is 14.5. The molecule has 0 aliphatic carbocycles. The minimum atomic E-state index is 0.883. The molecule has 0 unspecified atom stereocenters. The van der Waals surface area contributed by atoms with E-state index >= 15 is 0 Å². The highest BCUT2D eigenvalue weighted by molar-refractivity contribution is 6.26. The number of hydrogen-bond donors (Lipinski definition) is 0. The molecule has 0 radical (unpaired) electrons. The number of hydrogen-bond acceptors (Lipinski definition) is 2. The Morgan fingerprint density at radius 2 is 0.712 bits per heavy atom. The second kappa shape index (κ2) is 11.3. The van der Waals surface area contributed by atoms with Gasteiger partial charge < -0.3 is 8.83 Å². The van der Waals surface area contributed by atoms with Crippen LogP contribution in [0.2, 0.25) is 0 Å². The molecule has 0 aliphatic rings. The Morgan fingerprint density at radius 1 is 0.250 bits per heavy atom. The molecule has 2 aromatic heterocycles. The first-order chi connectivity index (χ1) is 25.8. The lowest BCUT2D eigenvalue weighted by atomic mass is 9.84. The van der Waals surface area contributed by atoms with Gasteiger partial charge in [0.25, 0.3) is 0 Å². The maximum absolute atomic E-state index is 6.81. The zero-order valence-electron chi connectivity index (χ0n) is 28.1. The first-order valence-electron chi connectivity index (χ1n) is 17.8. The molecular formula is C50H30O2. The van der Waals surface area contributed by atoms with E-state index in [-0.39, 0.29) is 0 Å². The molecule has 0 saturated heterocycles. The summed E-state index contributed by atoms with van der Waals surface area (Å²) in [4.78, 5) is 0. The lowest BCUT2D eigenvalue weighted by Gasteiger charge is -2.18. The highest BCUT2D eigenvalue weighted by Crippen LogP contribution is 2.48. The van der Waals surface area contributed by atoms with Gasteiger partial charge in [-0.1, -0.05) is 164 Å². The Labute approximate surface area is 299 Å². The number of furan rings is 2. The molecule has 0 aliphatic heterocycles. The van der Waals surface area contributed by atoms with Gasteiger partial charge in [0.1, 0.15) is 22.3 Å². The molecule has 0 N–H and O–H groups in total. The molecule has 11 rings (SSSR count). The van der Waals surface area contributed by atoms with Gasteiger partial charge in [-0.05, 0) is 73.1 Å². The summed E-state index contributed by atoms with van der Waals surface area (Å²) >= 11 is 0. The van der Waals surface area contributed by atoms with Crippen molar-refractivity contribution in [3.8, 4) is 44.5 Å². The maximum atomic E-state index is 6.81. The Bertz CT molecular complexity index is 3100. The van der Waals surface area contributed by atoms with Crippen LogP contribution in [0.25, 0.3) is 110 Å². The molecule has 0 spiro atoms. The van der Waals surface area contributed by atoms with Crippen LogP contribution in [0, 0.1) is 0 Å². The highest BCUT2D eigenvalue weighted by atomic mass is 16.3. The summed E-state index contributed by atoms with van der Waals surface area (Å²) in [6.07, 6.45) is 0. The SMILES string of the molecule is c1ccc(-c2c3ccccc3c(-c3ccc(-c4ccc(-c5cccc6c5oc5ccccc56)cc4)c4oc5ccccc5c34)c3ccccc23)cc1. The van der Waals surface area contributed by atoms with Crippen LogP contribution in [0.3, 0.4) is 0 Å². The molecule has 52 heavy (non-hydrogen) atoms. The Morgan fingerprint density at radius 3 is 1.37 bits per heavy atom. The zero-order chi connectivity index (χ0) is 34.2. The van der Waals surface area contributed by atoms with Gasteiger partial charge in [0, 0.05) is 32.7 Å². The van der Waals surface area contributed by atoms with E-state index in [0.29, 0.717) is 0 Å². The van der Waals surface area contributed by atoms with Gasteiger partial charge in [-0.3, -0.25) is 0 Å². The molecule has 242 valence electrons. The van der Waals surface area contributed by atoms with E-state index in [1.54, 1.807) is 0 Å². The summed E-state index contributed by atoms with van der Waals surface area (Å²) in [5, 5.41) is 9.44. The third kappa shape index (κ3) is 4.25. The van der Waals surface area contributed by atoms with E-state index in [4.69, 9.17) is 8.83 Å². The van der Waals surface area contributed by atoms with Crippen molar-refractivity contribution in [2.75, 3.05) is 0 Å². The Kier molecular flexibility index (Phi) is 6.28. The van der Waals surface area contributed by atoms with Crippen LogP contribution < -0.4 is 0 Å². The normalized spacial score (nSPS) is 11.8. The first-order valence-corrected chi connectivity index (χ1v) is 17.8. The summed E-state index contributed by atoms with van der Waals surface area (Å²) in [7, 11) is 0. The van der Waals surface area contributed by atoms with Crippen molar-refractivity contribution in [1.82, 2.24) is 0 Å². The zero-order valence-corrected chi connectivity index (χ0v) is 28.1. The number of rotatable bonds is 4. The number of fused-ring (bicyclic) bond motifs is 8. The number of benzene rings is 9. The van der Waals surface area contributed by atoms with Crippen LogP contribution in [0.4, 0.5) is 0 Å². The Hall–Kier alpha value is -6.90. The summed E-state index contributed by atoms with van der Waals surface area (Å²) < 4.78 is 13.2. The van der Waals surface area contributed by atoms with Crippen LogP contribution in [-0.2, 0) is 0 Å². The molecule has 0 saturated carbocycles. The quantitative estimate of drug-likeness (QED) is 0.175. The highest BCUT2D eigenvalue weighted by Gasteiger charge is 2.22. The smallest absolute Gasteiger partial charge is 0.143 e. The van der Waals surface area contributed by atoms with Crippen molar-refractivity contribution >= 4 is 65.4 Å². The molecule has 0 fully saturated rings. The maximum Gasteiger partial charge on any atom is 0.143 e. The summed E-state index contributed by atoms with van der Waals surface area (Å²) in [6, 6.07) is 64.9. The predicted molar refractivity (Wildman–Crippen MR) is 218 cm³/mol. The Balaban J connectivity index is 1.14. The first kappa shape index (κ1) is 28.9. The summed E-state index contributed by atoms with van der Waals surface area (Å²) in [5.74, 6) is 0. The van der Waals surface area contributed by atoms with Gasteiger partial charge in [-0.15, -0.1) is 0 Å². The van der Waals surface area contributed by atoms with Gasteiger partial charge in [-0.25, -0.2) is 0 Å². The van der Waals surface area contributed by atoms with Crippen molar-refractivity contribution in [2.45, 2.75) is 0 Å². The fourth-order valence-corrected chi connectivity index (χ4v) is 8.40. The van der Waals surface area contributed by atoms with Gasteiger partial charge >= 0.3 is 0 Å². The third-order valence-corrected chi connectivity index (χ3v) is 10.7. The van der Waals surface area contributed by atoms with Crippen LogP contribution >= 0.6 is 0 Å². The molecular weight excluding hydrogens is 633 g/mol. The van der Waals surface area contributed by atoms with Crippen molar-refractivity contribution in [1.29, 1.82) is 0 Å². The largest absolute Gasteiger partial charge is 0.455 e. The molecule has 2 heteroatoms. The summed E-state index contributed by atoms with van der Waals surface area (Å²) in [6.45, 7) is 0. The lowest BCUT2D eigenvalue weighted by molar-refractivity contribution is 0.669. The average molecular weight is 663 g/mol. The number of para-hydroxylation sites is 3. The van der Waals surface area contributed by atoms with Gasteiger partial charge in [0.15, 0.2) is 0 Å². The van der Waals surface area contributed by atoms with Crippen LogP contribution in [0.5, 0.6) is 0 Å². The molecule has 2 heterocycles. The average Bonchev–Trinajstić information content (AvgIpc) is 3.80. The topological polar surface area (TPSA) is 26.3 Å². The van der Waals surface area contributed by atoms with Gasteiger partial charge in [-0.2, -0.15) is 0 Å². The van der Waals surface area contributed by atoms with Gasteiger partial charge in [0.05, 0.1) is 0 Å². The molecule has 2 nitrogen and oxygen atoms in total. The summed E-state index contributed by atoms with van der Waals surface area (Å²) in [5.41, 5.74) is 12.8. The molecule has 0 atom stereocenters. The van der Waals surface area contributed by atoms with E-state index in [1.165, 1.54) is 43.8 Å². The van der Waals surface area contributed by atoms with E-state index in [1.807, 2.05) is 12.1 Å². The van der Waals surface area contributed by atoms with Crippen LogP contribution in [-0.4, -0.2) is 0 Å². The second-order valence-corrected chi connectivity index (χ2v) is 13.5. The van der Waals surface area contributed by atoms with E-state index < -0.39 is 0 Å². The van der Waals surface area contributed by atoms with Crippen molar-refractivity contribution in [3.63, 3.8) is 0 Å². The molecule has 9 aromatic carbocycles. The van der Waals surface area contributed by atoms with Crippen LogP contribution in [0.15, 0.2) is 191 Å². The lowest BCUT2D eigenvalue weighted by Crippen LogP contribution is -1.92. The standard InChI is InChI=1S/C50H30O2/c1-2-13-33(14-3-1)46-37-16-4-6-18-39(37)47(40-19-7-5-17-38(40)46)43-30-29-35(50-48(43)42-20-9-11-24-45(42)52-50)32-27-25-31(26-28-32)34-21-12-22-41-36-15-8-10-23-44(36)51-49(34)41/h1-30H. The minimum Gasteiger partial charge on any atom is -0.455 e. The molecule has 0 bridgehead atoms. The van der Waals surface area contributed by atoms with E-state index in [9.17, 15) is 0 Å². The monoisotopic (exact) mass is 662 g/mol. The van der Waals surface area contributed by atoms with Gasteiger partial charge in [0.2, 0.25) is 0 Å². The van der Waals surface area contributed by atoms with E-state index in [0.717, 1.165) is 66.1 Å². The fourth-order valence-electron chi connectivity index (χ4n) is 8.40. The molecule has 0 amide bonds. The fraction of sp³-hybridized carbons (Fsp3) is 0. The van der Waals surface area contributed by atoms with Crippen molar-refractivity contribution in [2.24, 2.45) is 0 Å². The second-order valence-electron chi connectivity index (χ2n) is 13.5. The van der Waals surface area contributed by atoms with Crippen molar-refractivity contribution < 1.29 is 8.83 Å². The van der Waals surface area contributed by atoms with Crippen molar-refractivity contribution in [3.05, 3.63) is 182 Å². The van der Waals surface area contributed by atoms with E-state index in [2.05, 4.69) is 170 Å². The van der Waals surface area contributed by atoms with Crippen LogP contribution in [0.1, 0.15) is 0 Å².